The summed E-state index contributed by atoms with van der Waals surface area (Å²) in [5, 5.41) is 2.37. The SMILES string of the molecule is CS(=O)(=O)Nc1ccccc1C(=O)OCC(=O)Nc1cccc(F)c1. The summed E-state index contributed by atoms with van der Waals surface area (Å²) in [5.74, 6) is -2.05. The van der Waals surface area contributed by atoms with E-state index >= 15 is 0 Å². The van der Waals surface area contributed by atoms with E-state index < -0.39 is 34.3 Å². The Morgan fingerprint density at radius 2 is 1.84 bits per heavy atom. The van der Waals surface area contributed by atoms with Crippen LogP contribution in [0.3, 0.4) is 0 Å². The van der Waals surface area contributed by atoms with E-state index in [9.17, 15) is 22.4 Å². The van der Waals surface area contributed by atoms with Crippen molar-refractivity contribution in [3.05, 3.63) is 59.9 Å². The second-order valence-electron chi connectivity index (χ2n) is 5.05. The third-order valence-electron chi connectivity index (χ3n) is 2.89. The summed E-state index contributed by atoms with van der Waals surface area (Å²) in [7, 11) is -3.58. The molecule has 2 aromatic rings. The topological polar surface area (TPSA) is 102 Å². The van der Waals surface area contributed by atoms with E-state index in [0.29, 0.717) is 0 Å². The number of carbonyl (C=O) groups is 2. The Labute approximate surface area is 143 Å². The quantitative estimate of drug-likeness (QED) is 0.762. The van der Waals surface area contributed by atoms with Crippen molar-refractivity contribution in [1.29, 1.82) is 0 Å². The van der Waals surface area contributed by atoms with Gasteiger partial charge in [-0.05, 0) is 30.3 Å². The Hall–Kier alpha value is -2.94. The van der Waals surface area contributed by atoms with Crippen LogP contribution in [0.5, 0.6) is 0 Å². The van der Waals surface area contributed by atoms with Crippen molar-refractivity contribution >= 4 is 33.3 Å². The largest absolute Gasteiger partial charge is 0.452 e. The maximum absolute atomic E-state index is 13.0. The molecule has 0 aromatic heterocycles. The van der Waals surface area contributed by atoms with Crippen LogP contribution < -0.4 is 10.0 Å². The molecule has 0 aliphatic heterocycles. The summed E-state index contributed by atoms with van der Waals surface area (Å²) < 4.78 is 42.7. The number of sulfonamides is 1. The number of esters is 1. The summed E-state index contributed by atoms with van der Waals surface area (Å²) in [6.45, 7) is -0.609. The minimum atomic E-state index is -3.58. The molecule has 25 heavy (non-hydrogen) atoms. The minimum Gasteiger partial charge on any atom is -0.452 e. The number of hydrogen-bond acceptors (Lipinski definition) is 5. The molecule has 1 amide bonds. The van der Waals surface area contributed by atoms with Gasteiger partial charge in [-0.1, -0.05) is 18.2 Å². The van der Waals surface area contributed by atoms with Gasteiger partial charge in [0.05, 0.1) is 17.5 Å². The molecule has 0 radical (unpaired) electrons. The molecule has 2 N–H and O–H groups in total. The van der Waals surface area contributed by atoms with Crippen LogP contribution in [0.25, 0.3) is 0 Å². The Morgan fingerprint density at radius 1 is 1.12 bits per heavy atom. The van der Waals surface area contributed by atoms with Crippen molar-refractivity contribution in [2.24, 2.45) is 0 Å². The van der Waals surface area contributed by atoms with E-state index in [1.54, 1.807) is 6.07 Å². The first-order valence-electron chi connectivity index (χ1n) is 7.04. The number of amides is 1. The van der Waals surface area contributed by atoms with Crippen LogP contribution in [0.15, 0.2) is 48.5 Å². The lowest BCUT2D eigenvalue weighted by atomic mass is 10.2. The zero-order valence-electron chi connectivity index (χ0n) is 13.2. The van der Waals surface area contributed by atoms with E-state index in [4.69, 9.17) is 4.74 Å². The number of nitrogens with one attached hydrogen (secondary N) is 2. The molecule has 0 bridgehead atoms. The predicted molar refractivity (Wildman–Crippen MR) is 90.2 cm³/mol. The van der Waals surface area contributed by atoms with E-state index in [2.05, 4.69) is 10.0 Å². The first kappa shape index (κ1) is 18.4. The highest BCUT2D eigenvalue weighted by molar-refractivity contribution is 7.92. The molecule has 0 unspecified atom stereocenters. The molecule has 0 saturated carbocycles. The molecule has 0 heterocycles. The van der Waals surface area contributed by atoms with Crippen molar-refractivity contribution in [2.75, 3.05) is 22.9 Å². The third kappa shape index (κ3) is 5.88. The van der Waals surface area contributed by atoms with Crippen LogP contribution in [0, 0.1) is 5.82 Å². The Balaban J connectivity index is 1.99. The van der Waals surface area contributed by atoms with Crippen LogP contribution in [-0.2, 0) is 19.6 Å². The monoisotopic (exact) mass is 366 g/mol. The fourth-order valence-electron chi connectivity index (χ4n) is 1.92. The number of para-hydroxylation sites is 1. The second-order valence-corrected chi connectivity index (χ2v) is 6.80. The predicted octanol–water partition coefficient (Wildman–Crippen LogP) is 1.99. The lowest BCUT2D eigenvalue weighted by Gasteiger charge is -2.10. The van der Waals surface area contributed by atoms with E-state index in [1.807, 2.05) is 0 Å². The number of ether oxygens (including phenoxy) is 1. The summed E-state index contributed by atoms with van der Waals surface area (Å²) in [4.78, 5) is 23.8. The summed E-state index contributed by atoms with van der Waals surface area (Å²) in [6.07, 6.45) is 0.946. The fourth-order valence-corrected chi connectivity index (χ4v) is 2.50. The number of halogens is 1. The standard InChI is InChI=1S/C16H15FN2O5S/c1-25(22,23)19-14-8-3-2-7-13(14)16(21)24-10-15(20)18-12-6-4-5-11(17)9-12/h2-9,19H,10H2,1H3,(H,18,20). The zero-order valence-corrected chi connectivity index (χ0v) is 14.0. The molecule has 0 atom stereocenters. The summed E-state index contributed by atoms with van der Waals surface area (Å²) in [6, 6.07) is 11.1. The molecule has 0 spiro atoms. The van der Waals surface area contributed by atoms with Crippen molar-refractivity contribution in [3.8, 4) is 0 Å². The van der Waals surface area contributed by atoms with Crippen LogP contribution in [0.2, 0.25) is 0 Å². The highest BCUT2D eigenvalue weighted by Gasteiger charge is 2.16. The van der Waals surface area contributed by atoms with E-state index in [0.717, 1.165) is 12.3 Å². The normalized spacial score (nSPS) is 10.8. The van der Waals surface area contributed by atoms with Gasteiger partial charge in [-0.25, -0.2) is 17.6 Å². The van der Waals surface area contributed by atoms with E-state index in [-0.39, 0.29) is 16.9 Å². The highest BCUT2D eigenvalue weighted by Crippen LogP contribution is 2.17. The van der Waals surface area contributed by atoms with Gasteiger partial charge < -0.3 is 10.1 Å². The van der Waals surface area contributed by atoms with Crippen molar-refractivity contribution < 1.29 is 27.1 Å². The van der Waals surface area contributed by atoms with Crippen LogP contribution in [-0.4, -0.2) is 33.2 Å². The minimum absolute atomic E-state index is 0.0357. The maximum Gasteiger partial charge on any atom is 0.340 e. The number of anilines is 2. The highest BCUT2D eigenvalue weighted by atomic mass is 32.2. The molecule has 0 saturated heterocycles. The Morgan fingerprint density at radius 3 is 2.52 bits per heavy atom. The zero-order chi connectivity index (χ0) is 18.4. The smallest absolute Gasteiger partial charge is 0.340 e. The van der Waals surface area contributed by atoms with Gasteiger partial charge in [-0.3, -0.25) is 9.52 Å². The number of rotatable bonds is 6. The first-order chi connectivity index (χ1) is 11.7. The van der Waals surface area contributed by atoms with Gasteiger partial charge in [0.15, 0.2) is 6.61 Å². The Bertz CT molecular complexity index is 899. The van der Waals surface area contributed by atoms with Gasteiger partial charge >= 0.3 is 5.97 Å². The number of benzene rings is 2. The lowest BCUT2D eigenvalue weighted by Crippen LogP contribution is -2.22. The molecule has 132 valence electrons. The molecule has 0 aliphatic rings. The summed E-state index contributed by atoms with van der Waals surface area (Å²) >= 11 is 0. The van der Waals surface area contributed by atoms with Gasteiger partial charge in [0, 0.05) is 5.69 Å². The van der Waals surface area contributed by atoms with E-state index in [1.165, 1.54) is 36.4 Å². The lowest BCUT2D eigenvalue weighted by molar-refractivity contribution is -0.119. The molecular formula is C16H15FN2O5S. The van der Waals surface area contributed by atoms with Crippen molar-refractivity contribution in [2.45, 2.75) is 0 Å². The van der Waals surface area contributed by atoms with Gasteiger partial charge in [-0.2, -0.15) is 0 Å². The average molecular weight is 366 g/mol. The van der Waals surface area contributed by atoms with Crippen LogP contribution in [0.1, 0.15) is 10.4 Å². The van der Waals surface area contributed by atoms with Gasteiger partial charge in [0.25, 0.3) is 5.91 Å². The number of hydrogen-bond donors (Lipinski definition) is 2. The fraction of sp³-hybridized carbons (Fsp3) is 0.125. The maximum atomic E-state index is 13.0. The van der Waals surface area contributed by atoms with Gasteiger partial charge in [0.1, 0.15) is 5.82 Å². The molecule has 2 aromatic carbocycles. The summed E-state index contributed by atoms with van der Waals surface area (Å²) in [5.41, 5.74) is 0.229. The molecule has 7 nitrogen and oxygen atoms in total. The molecule has 2 rings (SSSR count). The van der Waals surface area contributed by atoms with Crippen molar-refractivity contribution in [3.63, 3.8) is 0 Å². The van der Waals surface area contributed by atoms with Crippen LogP contribution in [0.4, 0.5) is 15.8 Å². The first-order valence-corrected chi connectivity index (χ1v) is 8.93. The second kappa shape index (κ2) is 7.75. The average Bonchev–Trinajstić information content (AvgIpc) is 2.51. The molecule has 0 fully saturated rings. The van der Waals surface area contributed by atoms with Gasteiger partial charge in [-0.15, -0.1) is 0 Å². The van der Waals surface area contributed by atoms with Gasteiger partial charge in [0.2, 0.25) is 10.0 Å². The molecule has 0 aliphatic carbocycles. The van der Waals surface area contributed by atoms with Crippen LogP contribution >= 0.6 is 0 Å². The number of carbonyl (C=O) groups excluding carboxylic acids is 2. The molecular weight excluding hydrogens is 351 g/mol. The Kier molecular flexibility index (Phi) is 5.71. The van der Waals surface area contributed by atoms with Crippen molar-refractivity contribution in [1.82, 2.24) is 0 Å². The molecule has 9 heteroatoms. The third-order valence-corrected chi connectivity index (χ3v) is 3.48.